The molecule has 2 amide bonds. The lowest BCUT2D eigenvalue weighted by atomic mass is 10.2. The van der Waals surface area contributed by atoms with Gasteiger partial charge in [-0.25, -0.2) is 4.79 Å². The minimum absolute atomic E-state index is 0.112. The highest BCUT2D eigenvalue weighted by molar-refractivity contribution is 7.98. The normalized spacial score (nSPS) is 15.5. The number of hydrogen-bond donors (Lipinski definition) is 2. The van der Waals surface area contributed by atoms with Crippen LogP contribution in [0.5, 0.6) is 0 Å². The summed E-state index contributed by atoms with van der Waals surface area (Å²) >= 11 is 1.83. The van der Waals surface area contributed by atoms with Gasteiger partial charge in [-0.2, -0.15) is 11.8 Å². The van der Waals surface area contributed by atoms with E-state index in [1.807, 2.05) is 30.0 Å². The van der Waals surface area contributed by atoms with E-state index >= 15 is 0 Å². The third-order valence-corrected chi connectivity index (χ3v) is 4.57. The highest BCUT2D eigenvalue weighted by Crippen LogP contribution is 2.32. The van der Waals surface area contributed by atoms with E-state index < -0.39 is 0 Å². The monoisotopic (exact) mass is 308 g/mol. The van der Waals surface area contributed by atoms with Crippen molar-refractivity contribution in [3.8, 4) is 0 Å². The van der Waals surface area contributed by atoms with Crippen molar-refractivity contribution in [3.63, 3.8) is 0 Å². The van der Waals surface area contributed by atoms with Crippen LogP contribution in [0.1, 0.15) is 25.3 Å². The van der Waals surface area contributed by atoms with Gasteiger partial charge in [-0.3, -0.25) is 0 Å². The van der Waals surface area contributed by atoms with Crippen LogP contribution in [0.4, 0.5) is 10.5 Å². The number of rotatable bonds is 8. The van der Waals surface area contributed by atoms with Gasteiger partial charge in [0.25, 0.3) is 0 Å². The van der Waals surface area contributed by atoms with Crippen molar-refractivity contribution in [1.82, 2.24) is 5.32 Å². The molecule has 2 N–H and O–H groups in total. The first kappa shape index (κ1) is 16.2. The van der Waals surface area contributed by atoms with Crippen LogP contribution in [-0.4, -0.2) is 31.5 Å². The molecule has 1 aliphatic carbocycles. The van der Waals surface area contributed by atoms with E-state index in [0.29, 0.717) is 5.92 Å². The van der Waals surface area contributed by atoms with Crippen molar-refractivity contribution in [2.24, 2.45) is 5.92 Å². The minimum atomic E-state index is -0.112. The number of methoxy groups -OCH3 is 1. The van der Waals surface area contributed by atoms with Crippen molar-refractivity contribution in [2.45, 2.75) is 31.6 Å². The summed E-state index contributed by atoms with van der Waals surface area (Å²) in [6, 6.07) is 8.16. The molecule has 0 aliphatic heterocycles. The van der Waals surface area contributed by atoms with Crippen molar-refractivity contribution in [3.05, 3.63) is 29.8 Å². The average molecular weight is 308 g/mol. The quantitative estimate of drug-likeness (QED) is 0.723. The van der Waals surface area contributed by atoms with E-state index in [4.69, 9.17) is 4.74 Å². The molecule has 4 nitrogen and oxygen atoms in total. The van der Waals surface area contributed by atoms with Crippen molar-refractivity contribution >= 4 is 23.5 Å². The van der Waals surface area contributed by atoms with Gasteiger partial charge in [0, 0.05) is 30.3 Å². The maximum atomic E-state index is 11.9. The van der Waals surface area contributed by atoms with Gasteiger partial charge < -0.3 is 15.4 Å². The molecule has 21 heavy (non-hydrogen) atoms. The summed E-state index contributed by atoms with van der Waals surface area (Å²) in [6.07, 6.45) is 2.46. The molecule has 0 heterocycles. The third kappa shape index (κ3) is 5.98. The number of nitrogens with one attached hydrogen (secondary N) is 2. The Balaban J connectivity index is 1.78. The van der Waals surface area contributed by atoms with Crippen LogP contribution in [0.3, 0.4) is 0 Å². The molecule has 1 atom stereocenters. The summed E-state index contributed by atoms with van der Waals surface area (Å²) in [6.45, 7) is 2.84. The number of benzene rings is 1. The Hall–Kier alpha value is -1.20. The van der Waals surface area contributed by atoms with Gasteiger partial charge in [0.05, 0.1) is 6.61 Å². The maximum Gasteiger partial charge on any atom is 0.319 e. The van der Waals surface area contributed by atoms with E-state index in [0.717, 1.165) is 23.8 Å². The molecular formula is C16H24N2O2S. The third-order valence-electron chi connectivity index (χ3n) is 3.57. The molecule has 1 fully saturated rings. The van der Waals surface area contributed by atoms with Gasteiger partial charge in [-0.15, -0.1) is 0 Å². The minimum Gasteiger partial charge on any atom is -0.384 e. The zero-order valence-electron chi connectivity index (χ0n) is 12.7. The second kappa shape index (κ2) is 8.29. The average Bonchev–Trinajstić information content (AvgIpc) is 3.28. The molecule has 5 heteroatoms. The van der Waals surface area contributed by atoms with Gasteiger partial charge in [0.2, 0.25) is 0 Å². The van der Waals surface area contributed by atoms with E-state index in [-0.39, 0.29) is 12.1 Å². The first-order chi connectivity index (χ1) is 10.2. The van der Waals surface area contributed by atoms with Crippen LogP contribution in [0.2, 0.25) is 0 Å². The summed E-state index contributed by atoms with van der Waals surface area (Å²) < 4.78 is 5.03. The largest absolute Gasteiger partial charge is 0.384 e. The fourth-order valence-corrected chi connectivity index (χ4v) is 3.00. The summed E-state index contributed by atoms with van der Waals surface area (Å²) in [5.74, 6) is 2.58. The predicted octanol–water partition coefficient (Wildman–Crippen LogP) is 3.49. The Labute approximate surface area is 131 Å². The van der Waals surface area contributed by atoms with Crippen LogP contribution in [0.15, 0.2) is 24.3 Å². The lowest BCUT2D eigenvalue weighted by Gasteiger charge is -2.14. The van der Waals surface area contributed by atoms with Gasteiger partial charge in [0.15, 0.2) is 0 Å². The van der Waals surface area contributed by atoms with Crippen LogP contribution >= 0.6 is 11.8 Å². The Morgan fingerprint density at radius 3 is 3.00 bits per heavy atom. The first-order valence-electron chi connectivity index (χ1n) is 7.42. The molecule has 0 spiro atoms. The number of ether oxygens (including phenoxy) is 1. The second-order valence-electron chi connectivity index (χ2n) is 5.47. The SMILES string of the molecule is COCCSCc1cccc(NC(=O)NC(C)C2CC2)c1. The van der Waals surface area contributed by atoms with Crippen molar-refractivity contribution in [2.75, 3.05) is 24.8 Å². The smallest absolute Gasteiger partial charge is 0.319 e. The Kier molecular flexibility index (Phi) is 6.39. The molecule has 0 radical (unpaired) electrons. The van der Waals surface area contributed by atoms with E-state index in [2.05, 4.69) is 23.6 Å². The molecule has 2 rings (SSSR count). The molecule has 0 saturated heterocycles. The number of hydrogen-bond acceptors (Lipinski definition) is 3. The number of anilines is 1. The lowest BCUT2D eigenvalue weighted by Crippen LogP contribution is -2.37. The number of urea groups is 1. The van der Waals surface area contributed by atoms with Crippen LogP contribution in [-0.2, 0) is 10.5 Å². The van der Waals surface area contributed by atoms with Crippen LogP contribution in [0, 0.1) is 5.92 Å². The Morgan fingerprint density at radius 2 is 2.29 bits per heavy atom. The number of carbonyl (C=O) groups excluding carboxylic acids is 1. The summed E-state index contributed by atoms with van der Waals surface area (Å²) in [5.41, 5.74) is 2.06. The topological polar surface area (TPSA) is 50.4 Å². The molecule has 1 saturated carbocycles. The fraction of sp³-hybridized carbons (Fsp3) is 0.562. The van der Waals surface area contributed by atoms with Crippen LogP contribution < -0.4 is 10.6 Å². The highest BCUT2D eigenvalue weighted by Gasteiger charge is 2.28. The van der Waals surface area contributed by atoms with Crippen LogP contribution in [0.25, 0.3) is 0 Å². The van der Waals surface area contributed by atoms with E-state index in [9.17, 15) is 4.79 Å². The van der Waals surface area contributed by atoms with Crippen molar-refractivity contribution < 1.29 is 9.53 Å². The zero-order valence-corrected chi connectivity index (χ0v) is 13.5. The molecule has 1 aromatic rings. The van der Waals surface area contributed by atoms with Gasteiger partial charge in [0.1, 0.15) is 0 Å². The number of amides is 2. The molecule has 1 aromatic carbocycles. The lowest BCUT2D eigenvalue weighted by molar-refractivity contribution is 0.218. The highest BCUT2D eigenvalue weighted by atomic mass is 32.2. The molecule has 1 unspecified atom stereocenters. The van der Waals surface area contributed by atoms with Gasteiger partial charge in [-0.1, -0.05) is 12.1 Å². The predicted molar refractivity (Wildman–Crippen MR) is 88.8 cm³/mol. The molecule has 1 aliphatic rings. The van der Waals surface area contributed by atoms with E-state index in [1.165, 1.54) is 18.4 Å². The summed E-state index contributed by atoms with van der Waals surface area (Å²) in [7, 11) is 1.71. The Bertz CT molecular complexity index is 463. The van der Waals surface area contributed by atoms with Crippen molar-refractivity contribution in [1.29, 1.82) is 0 Å². The second-order valence-corrected chi connectivity index (χ2v) is 6.58. The maximum absolute atomic E-state index is 11.9. The zero-order chi connectivity index (χ0) is 15.1. The molecular weight excluding hydrogens is 284 g/mol. The standard InChI is InChI=1S/C16H24N2O2S/c1-12(14-6-7-14)17-16(19)18-15-5-3-4-13(10-15)11-21-9-8-20-2/h3-5,10,12,14H,6-9,11H2,1-2H3,(H2,17,18,19). The fourth-order valence-electron chi connectivity index (χ4n) is 2.16. The summed E-state index contributed by atoms with van der Waals surface area (Å²) in [5, 5.41) is 5.91. The number of thioether (sulfide) groups is 1. The molecule has 0 bridgehead atoms. The first-order valence-corrected chi connectivity index (χ1v) is 8.57. The molecule has 0 aromatic heterocycles. The summed E-state index contributed by atoms with van der Waals surface area (Å²) in [4.78, 5) is 11.9. The van der Waals surface area contributed by atoms with E-state index in [1.54, 1.807) is 7.11 Å². The Morgan fingerprint density at radius 1 is 1.48 bits per heavy atom. The van der Waals surface area contributed by atoms with Gasteiger partial charge >= 0.3 is 6.03 Å². The number of carbonyl (C=O) groups is 1. The van der Waals surface area contributed by atoms with Gasteiger partial charge in [-0.05, 0) is 43.4 Å². The molecule has 116 valence electrons.